The molecule has 0 heterocycles. The summed E-state index contributed by atoms with van der Waals surface area (Å²) in [7, 11) is 0. The number of halogens is 2. The lowest BCUT2D eigenvalue weighted by Crippen LogP contribution is -1.93. The van der Waals surface area contributed by atoms with Gasteiger partial charge < -0.3 is 9.84 Å². The van der Waals surface area contributed by atoms with Crippen LogP contribution in [0.5, 0.6) is 11.5 Å². The van der Waals surface area contributed by atoms with Gasteiger partial charge in [0.05, 0.1) is 18.2 Å². The number of rotatable bonds is 4. The van der Waals surface area contributed by atoms with Gasteiger partial charge in [0, 0.05) is 10.0 Å². The first-order valence-electron chi connectivity index (χ1n) is 6.58. The van der Waals surface area contributed by atoms with E-state index < -0.39 is 5.82 Å². The largest absolute Gasteiger partial charge is 0.504 e. The second kappa shape index (κ2) is 7.10. The summed E-state index contributed by atoms with van der Waals surface area (Å²) in [5.74, 6) is -0.159. The first-order valence-corrected chi connectivity index (χ1v) is 7.38. The Labute approximate surface area is 136 Å². The highest BCUT2D eigenvalue weighted by atomic mass is 79.9. The van der Waals surface area contributed by atoms with Gasteiger partial charge in [-0.25, -0.2) is 4.39 Å². The smallest absolute Gasteiger partial charge is 0.161 e. The molecule has 0 aromatic heterocycles. The minimum Gasteiger partial charge on any atom is -0.504 e. The molecule has 3 nitrogen and oxygen atoms in total. The minimum absolute atomic E-state index is 0.00438. The SMILES string of the molecule is CCOc1cc(C=C(C#N)c2ccccc2F)c(Br)cc1O. The van der Waals surface area contributed by atoms with E-state index in [1.54, 1.807) is 37.3 Å². The first kappa shape index (κ1) is 16.1. The lowest BCUT2D eigenvalue weighted by atomic mass is 10.0. The summed E-state index contributed by atoms with van der Waals surface area (Å²) in [6.45, 7) is 2.20. The molecule has 0 saturated carbocycles. The van der Waals surface area contributed by atoms with Gasteiger partial charge in [0.2, 0.25) is 0 Å². The molecule has 5 heteroatoms. The fourth-order valence-corrected chi connectivity index (χ4v) is 2.39. The Kier molecular flexibility index (Phi) is 5.18. The molecule has 2 aromatic carbocycles. The molecule has 0 saturated heterocycles. The van der Waals surface area contributed by atoms with Gasteiger partial charge in [0.1, 0.15) is 5.82 Å². The number of hydrogen-bond donors (Lipinski definition) is 1. The molecule has 0 atom stereocenters. The highest BCUT2D eigenvalue weighted by Crippen LogP contribution is 2.34. The fourth-order valence-electron chi connectivity index (χ4n) is 1.95. The van der Waals surface area contributed by atoms with Crippen molar-refractivity contribution in [1.29, 1.82) is 5.26 Å². The molecule has 0 amide bonds. The van der Waals surface area contributed by atoms with Gasteiger partial charge >= 0.3 is 0 Å². The highest BCUT2D eigenvalue weighted by molar-refractivity contribution is 9.10. The van der Waals surface area contributed by atoms with Gasteiger partial charge in [-0.05, 0) is 36.8 Å². The zero-order valence-corrected chi connectivity index (χ0v) is 13.4. The molecule has 0 fully saturated rings. The van der Waals surface area contributed by atoms with E-state index in [4.69, 9.17) is 4.74 Å². The van der Waals surface area contributed by atoms with Crippen LogP contribution in [0.4, 0.5) is 4.39 Å². The Morgan fingerprint density at radius 3 is 2.77 bits per heavy atom. The lowest BCUT2D eigenvalue weighted by Gasteiger charge is -2.09. The Balaban J connectivity index is 2.53. The molecule has 0 bridgehead atoms. The molecule has 0 aliphatic rings. The van der Waals surface area contributed by atoms with Crippen molar-refractivity contribution in [3.05, 3.63) is 57.8 Å². The van der Waals surface area contributed by atoms with Crippen LogP contribution in [-0.4, -0.2) is 11.7 Å². The van der Waals surface area contributed by atoms with Gasteiger partial charge in [-0.1, -0.05) is 34.1 Å². The lowest BCUT2D eigenvalue weighted by molar-refractivity contribution is 0.318. The number of nitriles is 1. The minimum atomic E-state index is -0.463. The monoisotopic (exact) mass is 361 g/mol. The third kappa shape index (κ3) is 3.46. The van der Waals surface area contributed by atoms with Crippen molar-refractivity contribution < 1.29 is 14.2 Å². The van der Waals surface area contributed by atoms with Crippen LogP contribution in [0.1, 0.15) is 18.1 Å². The van der Waals surface area contributed by atoms with E-state index in [0.29, 0.717) is 22.4 Å². The molecule has 2 rings (SSSR count). The molecular weight excluding hydrogens is 349 g/mol. The predicted molar refractivity (Wildman–Crippen MR) is 86.9 cm³/mol. The zero-order valence-electron chi connectivity index (χ0n) is 11.8. The third-order valence-electron chi connectivity index (χ3n) is 2.96. The van der Waals surface area contributed by atoms with E-state index >= 15 is 0 Å². The number of ether oxygens (including phenoxy) is 1. The molecule has 0 radical (unpaired) electrons. The van der Waals surface area contributed by atoms with Gasteiger partial charge in [0.25, 0.3) is 0 Å². The van der Waals surface area contributed by atoms with E-state index in [1.165, 1.54) is 12.1 Å². The van der Waals surface area contributed by atoms with E-state index in [2.05, 4.69) is 15.9 Å². The zero-order chi connectivity index (χ0) is 16.1. The molecule has 2 aromatic rings. The normalized spacial score (nSPS) is 11.1. The van der Waals surface area contributed by atoms with Crippen LogP contribution in [0.3, 0.4) is 0 Å². The summed E-state index contributed by atoms with van der Waals surface area (Å²) in [5.41, 5.74) is 1.02. The van der Waals surface area contributed by atoms with Crippen LogP contribution in [0.2, 0.25) is 0 Å². The number of benzene rings is 2. The second-order valence-corrected chi connectivity index (χ2v) is 5.28. The van der Waals surface area contributed by atoms with Crippen molar-refractivity contribution in [2.24, 2.45) is 0 Å². The first-order chi connectivity index (χ1) is 10.6. The summed E-state index contributed by atoms with van der Waals surface area (Å²) < 4.78 is 19.7. The van der Waals surface area contributed by atoms with Crippen molar-refractivity contribution in [3.63, 3.8) is 0 Å². The molecule has 0 aliphatic carbocycles. The van der Waals surface area contributed by atoms with Crippen LogP contribution in [0.15, 0.2) is 40.9 Å². The van der Waals surface area contributed by atoms with Gasteiger partial charge in [-0.2, -0.15) is 5.26 Å². The summed E-state index contributed by atoms with van der Waals surface area (Å²) in [6.07, 6.45) is 1.55. The molecule has 22 heavy (non-hydrogen) atoms. The van der Waals surface area contributed by atoms with Gasteiger partial charge in [-0.15, -0.1) is 0 Å². The van der Waals surface area contributed by atoms with Crippen molar-refractivity contribution in [2.75, 3.05) is 6.61 Å². The summed E-state index contributed by atoms with van der Waals surface area (Å²) in [6, 6.07) is 11.2. The number of hydrogen-bond acceptors (Lipinski definition) is 3. The average Bonchev–Trinajstić information content (AvgIpc) is 2.50. The van der Waals surface area contributed by atoms with E-state index in [9.17, 15) is 14.8 Å². The number of phenols is 1. The van der Waals surface area contributed by atoms with Crippen LogP contribution in [0, 0.1) is 17.1 Å². The Morgan fingerprint density at radius 1 is 1.41 bits per heavy atom. The average molecular weight is 362 g/mol. The number of aromatic hydroxyl groups is 1. The number of allylic oxidation sites excluding steroid dienone is 1. The van der Waals surface area contributed by atoms with Gasteiger partial charge in [0.15, 0.2) is 11.5 Å². The van der Waals surface area contributed by atoms with Crippen molar-refractivity contribution >= 4 is 27.6 Å². The molecule has 1 N–H and O–H groups in total. The maximum atomic E-state index is 13.8. The Morgan fingerprint density at radius 2 is 2.14 bits per heavy atom. The van der Waals surface area contributed by atoms with Gasteiger partial charge in [-0.3, -0.25) is 0 Å². The van der Waals surface area contributed by atoms with E-state index in [1.807, 2.05) is 6.07 Å². The molecule has 0 spiro atoms. The van der Waals surface area contributed by atoms with Crippen LogP contribution >= 0.6 is 15.9 Å². The summed E-state index contributed by atoms with van der Waals surface area (Å²) >= 11 is 3.32. The van der Waals surface area contributed by atoms with Crippen molar-refractivity contribution in [1.82, 2.24) is 0 Å². The van der Waals surface area contributed by atoms with E-state index in [-0.39, 0.29) is 16.9 Å². The topological polar surface area (TPSA) is 53.2 Å². The highest BCUT2D eigenvalue weighted by Gasteiger charge is 2.11. The molecular formula is C17H13BrFNO2. The Hall–Kier alpha value is -2.32. The quantitative estimate of drug-likeness (QED) is 0.631. The Bertz CT molecular complexity index is 766. The molecule has 112 valence electrons. The number of nitrogens with zero attached hydrogens (tertiary/aromatic N) is 1. The van der Waals surface area contributed by atoms with Crippen LogP contribution < -0.4 is 4.74 Å². The molecule has 0 unspecified atom stereocenters. The summed E-state index contributed by atoms with van der Waals surface area (Å²) in [4.78, 5) is 0. The third-order valence-corrected chi connectivity index (χ3v) is 3.65. The molecule has 0 aliphatic heterocycles. The standard InChI is InChI=1S/C17H13BrFNO2/c1-2-22-17-8-11(14(18)9-16(17)21)7-12(10-20)13-5-3-4-6-15(13)19/h3-9,21H,2H2,1H3. The second-order valence-electron chi connectivity index (χ2n) is 4.42. The summed E-state index contributed by atoms with van der Waals surface area (Å²) in [5, 5.41) is 19.1. The van der Waals surface area contributed by atoms with Crippen LogP contribution in [-0.2, 0) is 0 Å². The van der Waals surface area contributed by atoms with Crippen LogP contribution in [0.25, 0.3) is 11.6 Å². The maximum absolute atomic E-state index is 13.8. The number of phenolic OH excluding ortho intramolecular Hbond substituents is 1. The van der Waals surface area contributed by atoms with Crippen molar-refractivity contribution in [2.45, 2.75) is 6.92 Å². The fraction of sp³-hybridized carbons (Fsp3) is 0.118. The predicted octanol–water partition coefficient (Wildman–Crippen LogP) is 4.76. The van der Waals surface area contributed by atoms with E-state index in [0.717, 1.165) is 0 Å². The van der Waals surface area contributed by atoms with Crippen molar-refractivity contribution in [3.8, 4) is 17.6 Å². The maximum Gasteiger partial charge on any atom is 0.161 e.